The number of rotatable bonds is 4. The lowest BCUT2D eigenvalue weighted by molar-refractivity contribution is 0.718. The van der Waals surface area contributed by atoms with Gasteiger partial charge in [-0.15, -0.1) is 0 Å². The van der Waals surface area contributed by atoms with Crippen LogP contribution < -0.4 is 5.73 Å². The minimum atomic E-state index is 0.635. The van der Waals surface area contributed by atoms with E-state index in [2.05, 4.69) is 43.2 Å². The monoisotopic (exact) mass is 243 g/mol. The van der Waals surface area contributed by atoms with Gasteiger partial charge in [-0.2, -0.15) is 5.10 Å². The topological polar surface area (TPSA) is 43.8 Å². The maximum atomic E-state index is 5.66. The Labute approximate surface area is 109 Å². The zero-order valence-electron chi connectivity index (χ0n) is 11.4. The standard InChI is InChI=1S/C15H21N3/c1-4-12-5-7-13(8-6-12)15-11(2)18(3)17-14(15)9-10-16/h5-8H,4,9-10,16H2,1-3H3. The van der Waals surface area contributed by atoms with Crippen LogP contribution in [0.3, 0.4) is 0 Å². The normalized spacial score (nSPS) is 10.9. The third-order valence-corrected chi connectivity index (χ3v) is 3.44. The number of nitrogens with zero attached hydrogens (tertiary/aromatic N) is 2. The SMILES string of the molecule is CCc1ccc(-c2c(CCN)nn(C)c2C)cc1. The number of nitrogens with two attached hydrogens (primary N) is 1. The van der Waals surface area contributed by atoms with Crippen molar-refractivity contribution in [3.05, 3.63) is 41.2 Å². The molecule has 18 heavy (non-hydrogen) atoms. The van der Waals surface area contributed by atoms with E-state index in [1.807, 2.05) is 11.7 Å². The first-order valence-electron chi connectivity index (χ1n) is 6.49. The molecule has 3 nitrogen and oxygen atoms in total. The summed E-state index contributed by atoms with van der Waals surface area (Å²) >= 11 is 0. The molecule has 0 unspecified atom stereocenters. The first-order valence-corrected chi connectivity index (χ1v) is 6.49. The molecule has 0 bridgehead atoms. The molecule has 2 N–H and O–H groups in total. The molecule has 1 heterocycles. The van der Waals surface area contributed by atoms with Crippen LogP contribution in [0.4, 0.5) is 0 Å². The van der Waals surface area contributed by atoms with E-state index >= 15 is 0 Å². The summed E-state index contributed by atoms with van der Waals surface area (Å²) in [6.45, 7) is 4.91. The summed E-state index contributed by atoms with van der Waals surface area (Å²) in [6, 6.07) is 8.74. The zero-order valence-corrected chi connectivity index (χ0v) is 11.4. The van der Waals surface area contributed by atoms with Crippen molar-refractivity contribution in [2.45, 2.75) is 26.7 Å². The molecule has 0 spiro atoms. The van der Waals surface area contributed by atoms with Gasteiger partial charge < -0.3 is 5.73 Å². The molecule has 2 aromatic rings. The van der Waals surface area contributed by atoms with E-state index in [9.17, 15) is 0 Å². The average molecular weight is 243 g/mol. The van der Waals surface area contributed by atoms with Crippen molar-refractivity contribution in [3.8, 4) is 11.1 Å². The first kappa shape index (κ1) is 12.8. The third-order valence-electron chi connectivity index (χ3n) is 3.44. The summed E-state index contributed by atoms with van der Waals surface area (Å²) in [4.78, 5) is 0. The van der Waals surface area contributed by atoms with Gasteiger partial charge in [0.25, 0.3) is 0 Å². The maximum Gasteiger partial charge on any atom is 0.0718 e. The zero-order chi connectivity index (χ0) is 13.1. The molecule has 96 valence electrons. The minimum Gasteiger partial charge on any atom is -0.330 e. The van der Waals surface area contributed by atoms with Crippen molar-refractivity contribution in [2.75, 3.05) is 6.54 Å². The molecule has 0 aliphatic rings. The molecule has 1 aromatic heterocycles. The van der Waals surface area contributed by atoms with Gasteiger partial charge in [-0.05, 0) is 31.0 Å². The number of benzene rings is 1. The molecule has 1 aromatic carbocycles. The van der Waals surface area contributed by atoms with Crippen LogP contribution in [0.15, 0.2) is 24.3 Å². The highest BCUT2D eigenvalue weighted by atomic mass is 15.3. The largest absolute Gasteiger partial charge is 0.330 e. The van der Waals surface area contributed by atoms with Gasteiger partial charge >= 0.3 is 0 Å². The molecule has 0 fully saturated rings. The first-order chi connectivity index (χ1) is 8.67. The van der Waals surface area contributed by atoms with E-state index in [-0.39, 0.29) is 0 Å². The van der Waals surface area contributed by atoms with Gasteiger partial charge in [-0.25, -0.2) is 0 Å². The molecule has 2 rings (SSSR count). The Morgan fingerprint density at radius 3 is 2.44 bits per heavy atom. The van der Waals surface area contributed by atoms with Gasteiger partial charge in [0, 0.05) is 24.7 Å². The summed E-state index contributed by atoms with van der Waals surface area (Å²) in [6.07, 6.45) is 1.90. The minimum absolute atomic E-state index is 0.635. The van der Waals surface area contributed by atoms with Crippen LogP contribution in [-0.2, 0) is 19.9 Å². The maximum absolute atomic E-state index is 5.66. The predicted molar refractivity (Wildman–Crippen MR) is 75.5 cm³/mol. The Hall–Kier alpha value is -1.61. The molecular weight excluding hydrogens is 222 g/mol. The van der Waals surface area contributed by atoms with Gasteiger partial charge in [0.15, 0.2) is 0 Å². The number of hydrogen-bond acceptors (Lipinski definition) is 2. The van der Waals surface area contributed by atoms with Crippen LogP contribution in [0.5, 0.6) is 0 Å². The summed E-state index contributed by atoms with van der Waals surface area (Å²) in [5.41, 5.74) is 11.8. The van der Waals surface area contributed by atoms with E-state index in [1.165, 1.54) is 22.4 Å². The summed E-state index contributed by atoms with van der Waals surface area (Å²) < 4.78 is 1.94. The Morgan fingerprint density at radius 2 is 1.89 bits per heavy atom. The third kappa shape index (κ3) is 2.31. The van der Waals surface area contributed by atoms with Crippen LogP contribution in [0, 0.1) is 6.92 Å². The number of aromatic nitrogens is 2. The second-order valence-electron chi connectivity index (χ2n) is 4.62. The average Bonchev–Trinajstić information content (AvgIpc) is 2.66. The Morgan fingerprint density at radius 1 is 1.22 bits per heavy atom. The van der Waals surface area contributed by atoms with Gasteiger partial charge in [0.2, 0.25) is 0 Å². The second kappa shape index (κ2) is 5.36. The highest BCUT2D eigenvalue weighted by Crippen LogP contribution is 2.27. The van der Waals surface area contributed by atoms with Crippen molar-refractivity contribution in [2.24, 2.45) is 12.8 Å². The van der Waals surface area contributed by atoms with Crippen LogP contribution in [0.2, 0.25) is 0 Å². The quantitative estimate of drug-likeness (QED) is 0.896. The van der Waals surface area contributed by atoms with E-state index < -0.39 is 0 Å². The second-order valence-corrected chi connectivity index (χ2v) is 4.62. The predicted octanol–water partition coefficient (Wildman–Crippen LogP) is 2.46. The molecule has 0 radical (unpaired) electrons. The fourth-order valence-corrected chi connectivity index (χ4v) is 2.27. The van der Waals surface area contributed by atoms with Crippen LogP contribution in [-0.4, -0.2) is 16.3 Å². The van der Waals surface area contributed by atoms with Gasteiger partial charge in [-0.3, -0.25) is 4.68 Å². The van der Waals surface area contributed by atoms with E-state index in [4.69, 9.17) is 5.73 Å². The molecule has 0 atom stereocenters. The van der Waals surface area contributed by atoms with Crippen molar-refractivity contribution in [1.29, 1.82) is 0 Å². The molecule has 0 aliphatic heterocycles. The molecule has 0 saturated carbocycles. The molecule has 0 saturated heterocycles. The lowest BCUT2D eigenvalue weighted by Crippen LogP contribution is -2.04. The highest BCUT2D eigenvalue weighted by molar-refractivity contribution is 5.69. The van der Waals surface area contributed by atoms with Gasteiger partial charge in [0.1, 0.15) is 0 Å². The number of aryl methyl sites for hydroxylation is 2. The molecule has 0 amide bonds. The Bertz CT molecular complexity index is 523. The van der Waals surface area contributed by atoms with Gasteiger partial charge in [-0.1, -0.05) is 31.2 Å². The fraction of sp³-hybridized carbons (Fsp3) is 0.400. The lowest BCUT2D eigenvalue weighted by atomic mass is 10.00. The summed E-state index contributed by atoms with van der Waals surface area (Å²) in [5, 5.41) is 4.56. The lowest BCUT2D eigenvalue weighted by Gasteiger charge is -2.05. The fourth-order valence-electron chi connectivity index (χ4n) is 2.27. The molecule has 3 heteroatoms. The van der Waals surface area contributed by atoms with Crippen molar-refractivity contribution in [3.63, 3.8) is 0 Å². The van der Waals surface area contributed by atoms with E-state index in [0.717, 1.165) is 18.5 Å². The number of hydrogen-bond donors (Lipinski definition) is 1. The van der Waals surface area contributed by atoms with Crippen molar-refractivity contribution >= 4 is 0 Å². The molecule has 0 aliphatic carbocycles. The Kier molecular flexibility index (Phi) is 3.82. The van der Waals surface area contributed by atoms with E-state index in [1.54, 1.807) is 0 Å². The Balaban J connectivity index is 2.47. The highest BCUT2D eigenvalue weighted by Gasteiger charge is 2.13. The molecular formula is C15H21N3. The van der Waals surface area contributed by atoms with Crippen molar-refractivity contribution < 1.29 is 0 Å². The smallest absolute Gasteiger partial charge is 0.0718 e. The van der Waals surface area contributed by atoms with Crippen LogP contribution in [0.1, 0.15) is 23.9 Å². The van der Waals surface area contributed by atoms with Crippen molar-refractivity contribution in [1.82, 2.24) is 9.78 Å². The van der Waals surface area contributed by atoms with E-state index in [0.29, 0.717) is 6.54 Å². The summed E-state index contributed by atoms with van der Waals surface area (Å²) in [7, 11) is 1.99. The summed E-state index contributed by atoms with van der Waals surface area (Å²) in [5.74, 6) is 0. The van der Waals surface area contributed by atoms with Gasteiger partial charge in [0.05, 0.1) is 5.69 Å². The van der Waals surface area contributed by atoms with Crippen LogP contribution in [0.25, 0.3) is 11.1 Å². The van der Waals surface area contributed by atoms with Crippen LogP contribution >= 0.6 is 0 Å².